The fraction of sp³-hybridized carbons (Fsp3) is 0.425. The fourth-order valence-electron chi connectivity index (χ4n) is 9.57. The summed E-state index contributed by atoms with van der Waals surface area (Å²) in [6, 6.07) is 20.2. The third-order valence-electron chi connectivity index (χ3n) is 12.4. The molecule has 13 heteroatoms. The smallest absolute Gasteiger partial charge is 0.383 e. The van der Waals surface area contributed by atoms with Gasteiger partial charge in [-0.3, -0.25) is 4.79 Å². The molecule has 284 valence electrons. The molecule has 53 heavy (non-hydrogen) atoms. The Morgan fingerprint density at radius 2 is 1.47 bits per heavy atom. The SMILES string of the molecule is Cc1ccc(S(=O)(=O)N=[SH](C)(O)c2ccc(-c3ccc([C@H]4C[C@@]5(C)C(CC[C@]5(O)C(F)(F)C(F)(F)F)C5CCC6=CC(=O)CCC6=C54)cc3)cc2)cc1. The molecular weight excluding hydrogens is 734 g/mol. The molecule has 4 aliphatic carbocycles. The summed E-state index contributed by atoms with van der Waals surface area (Å²) in [6.07, 6.45) is -1.81. The lowest BCUT2D eigenvalue weighted by atomic mass is 9.50. The molecule has 0 radical (unpaired) electrons. The Balaban J connectivity index is 1.23. The van der Waals surface area contributed by atoms with Gasteiger partial charge in [-0.15, -0.1) is 3.77 Å². The number of hydrogen-bond acceptors (Lipinski definition) is 4. The number of nitrogens with zero attached hydrogens (tertiary/aromatic N) is 1. The minimum atomic E-state index is -5.92. The van der Waals surface area contributed by atoms with Gasteiger partial charge < -0.3 is 9.66 Å². The van der Waals surface area contributed by atoms with Crippen LogP contribution in [-0.2, 0) is 24.9 Å². The van der Waals surface area contributed by atoms with E-state index >= 15 is 8.78 Å². The van der Waals surface area contributed by atoms with E-state index in [1.165, 1.54) is 25.3 Å². The van der Waals surface area contributed by atoms with E-state index in [-0.39, 0.29) is 29.4 Å². The van der Waals surface area contributed by atoms with Crippen molar-refractivity contribution in [1.29, 1.82) is 0 Å². The third kappa shape index (κ3) is 6.15. The van der Waals surface area contributed by atoms with Crippen molar-refractivity contribution < 1.29 is 44.8 Å². The number of aliphatic hydroxyl groups is 1. The topological polar surface area (TPSA) is 104 Å². The predicted molar refractivity (Wildman–Crippen MR) is 194 cm³/mol. The summed E-state index contributed by atoms with van der Waals surface area (Å²) in [5.74, 6) is -6.76. The number of carbonyl (C=O) groups is 1. The van der Waals surface area contributed by atoms with Crippen molar-refractivity contribution in [1.82, 2.24) is 0 Å². The zero-order valence-corrected chi connectivity index (χ0v) is 31.2. The van der Waals surface area contributed by atoms with E-state index in [0.717, 1.165) is 33.4 Å². The van der Waals surface area contributed by atoms with Gasteiger partial charge in [0, 0.05) is 22.6 Å². The number of sulfonamides is 1. The van der Waals surface area contributed by atoms with E-state index in [9.17, 15) is 36.0 Å². The second-order valence-corrected chi connectivity index (χ2v) is 19.8. The maximum absolute atomic E-state index is 15.3. The summed E-state index contributed by atoms with van der Waals surface area (Å²) in [5, 5.41) is 11.5. The minimum Gasteiger partial charge on any atom is -0.383 e. The summed E-state index contributed by atoms with van der Waals surface area (Å²) >= 11 is 0. The van der Waals surface area contributed by atoms with Crippen LogP contribution in [0, 0.1) is 24.2 Å². The molecule has 5 atom stereocenters. The van der Waals surface area contributed by atoms with Crippen LogP contribution in [-0.4, -0.2) is 47.8 Å². The molecule has 0 bridgehead atoms. The van der Waals surface area contributed by atoms with Gasteiger partial charge in [0.15, 0.2) is 5.78 Å². The molecule has 0 amide bonds. The number of fused-ring (bicyclic) bond motifs is 4. The van der Waals surface area contributed by atoms with E-state index in [4.69, 9.17) is 0 Å². The van der Waals surface area contributed by atoms with Gasteiger partial charge in [-0.05, 0) is 122 Å². The van der Waals surface area contributed by atoms with Crippen LogP contribution in [0.15, 0.2) is 109 Å². The molecule has 2 saturated carbocycles. The summed E-state index contributed by atoms with van der Waals surface area (Å²) in [5.41, 5.74) is 0.952. The maximum atomic E-state index is 15.3. The summed E-state index contributed by atoms with van der Waals surface area (Å²) < 4.78 is 113. The zero-order chi connectivity index (χ0) is 38.4. The van der Waals surface area contributed by atoms with Crippen molar-refractivity contribution in [2.45, 2.75) is 92.2 Å². The fourth-order valence-corrected chi connectivity index (χ4v) is 13.2. The lowest BCUT2D eigenvalue weighted by molar-refractivity contribution is -0.362. The monoisotopic (exact) mass is 775 g/mol. The second kappa shape index (κ2) is 12.8. The molecular formula is C40H42F5NO5S2. The van der Waals surface area contributed by atoms with Gasteiger partial charge in [0.2, 0.25) is 0 Å². The number of alkyl halides is 5. The van der Waals surface area contributed by atoms with E-state index in [1.54, 1.807) is 42.5 Å². The first-order valence-corrected chi connectivity index (χ1v) is 21.3. The van der Waals surface area contributed by atoms with Crippen LogP contribution in [0.5, 0.6) is 0 Å². The quantitative estimate of drug-likeness (QED) is 0.171. The highest BCUT2D eigenvalue weighted by molar-refractivity contribution is 8.06. The highest BCUT2D eigenvalue weighted by Crippen LogP contribution is 2.70. The first-order chi connectivity index (χ1) is 24.7. The molecule has 2 fully saturated rings. The van der Waals surface area contributed by atoms with Gasteiger partial charge in [0.1, 0.15) is 5.60 Å². The van der Waals surface area contributed by atoms with E-state index in [1.807, 2.05) is 31.2 Å². The molecule has 0 aliphatic heterocycles. The number of aryl methyl sites for hydroxylation is 1. The average molecular weight is 776 g/mol. The van der Waals surface area contributed by atoms with Crippen molar-refractivity contribution in [2.24, 2.45) is 21.0 Å². The third-order valence-corrected chi connectivity index (χ3v) is 16.6. The van der Waals surface area contributed by atoms with Gasteiger partial charge in [-0.2, -0.15) is 30.4 Å². The first-order valence-electron chi connectivity index (χ1n) is 17.7. The number of carbonyl (C=O) groups excluding carboxylic acids is 1. The van der Waals surface area contributed by atoms with Gasteiger partial charge in [0.05, 0.1) is 4.90 Å². The van der Waals surface area contributed by atoms with E-state index in [0.29, 0.717) is 36.1 Å². The van der Waals surface area contributed by atoms with Crippen LogP contribution < -0.4 is 0 Å². The van der Waals surface area contributed by atoms with Crippen molar-refractivity contribution in [3.05, 3.63) is 107 Å². The Morgan fingerprint density at radius 3 is 2.08 bits per heavy atom. The van der Waals surface area contributed by atoms with Gasteiger partial charge in [-0.25, -0.2) is 0 Å². The zero-order valence-electron chi connectivity index (χ0n) is 29.5. The number of halogens is 5. The van der Waals surface area contributed by atoms with Crippen molar-refractivity contribution in [2.75, 3.05) is 6.26 Å². The van der Waals surface area contributed by atoms with Crippen LogP contribution in [0.2, 0.25) is 0 Å². The lowest BCUT2D eigenvalue weighted by Crippen LogP contribution is -2.65. The second-order valence-electron chi connectivity index (χ2n) is 15.4. The normalized spacial score (nSPS) is 28.2. The Hall–Kier alpha value is -3.52. The van der Waals surface area contributed by atoms with Crippen molar-refractivity contribution >= 4 is 25.9 Å². The Kier molecular flexibility index (Phi) is 9.11. The number of thiol groups is 1. The van der Waals surface area contributed by atoms with Crippen LogP contribution in [0.25, 0.3) is 11.1 Å². The lowest BCUT2D eigenvalue weighted by Gasteiger charge is -2.56. The summed E-state index contributed by atoms with van der Waals surface area (Å²) in [6.45, 7) is 3.23. The molecule has 2 N–H and O–H groups in total. The Labute approximate surface area is 307 Å². The number of hydrogen-bond donors (Lipinski definition) is 3. The largest absolute Gasteiger partial charge is 0.456 e. The molecule has 0 aromatic heterocycles. The van der Waals surface area contributed by atoms with Gasteiger partial charge in [0.25, 0.3) is 10.0 Å². The van der Waals surface area contributed by atoms with Gasteiger partial charge >= 0.3 is 12.1 Å². The molecule has 0 spiro atoms. The minimum absolute atomic E-state index is 0.0145. The Bertz CT molecular complexity index is 2190. The Morgan fingerprint density at radius 1 is 0.868 bits per heavy atom. The highest BCUT2D eigenvalue weighted by Gasteiger charge is 2.79. The number of allylic oxidation sites excluding steroid dienone is 4. The standard InChI is InChI=1S/C40H42F5NO5S2/c1-24-4-14-31(15-5-24)53(50,51)46-52(3,49)30-16-10-26(11-17-30)25-6-8-27(9-7-25)34-23-37(2)35(20-21-38(37,48)39(41,42)40(43,44)45)33-18-12-28-22-29(47)13-19-32(28)36(33)34/h4-11,14-17,22,33-35,48,52H,12-13,18-21,23H2,1-3H3,(H,46,49)/t33?,34-,35?,37+,38-/m1/s1. The maximum Gasteiger partial charge on any atom is 0.456 e. The van der Waals surface area contributed by atoms with Crippen LogP contribution in [0.3, 0.4) is 0 Å². The average Bonchev–Trinajstić information content (AvgIpc) is 3.38. The van der Waals surface area contributed by atoms with Gasteiger partial charge in [-0.1, -0.05) is 76.7 Å². The number of benzene rings is 3. The molecule has 3 aromatic carbocycles. The van der Waals surface area contributed by atoms with Crippen LogP contribution in [0.1, 0.15) is 68.9 Å². The molecule has 0 heterocycles. The number of rotatable bonds is 6. The first kappa shape index (κ1) is 37.8. The number of ketones is 1. The molecule has 4 aliphatic rings. The molecule has 7 rings (SSSR count). The molecule has 3 aromatic rings. The highest BCUT2D eigenvalue weighted by atomic mass is 32.3. The summed E-state index contributed by atoms with van der Waals surface area (Å²) in [4.78, 5) is 12.7. The predicted octanol–water partition coefficient (Wildman–Crippen LogP) is 9.41. The molecule has 0 saturated heterocycles. The van der Waals surface area contributed by atoms with Crippen LogP contribution >= 0.6 is 0 Å². The van der Waals surface area contributed by atoms with E-state index < -0.39 is 61.5 Å². The van der Waals surface area contributed by atoms with Crippen molar-refractivity contribution in [3.63, 3.8) is 0 Å². The molecule has 6 nitrogen and oxygen atoms in total. The molecule has 2 unspecified atom stereocenters. The summed E-state index contributed by atoms with van der Waals surface area (Å²) in [7, 11) is -7.57. The van der Waals surface area contributed by atoms with Crippen LogP contribution in [0.4, 0.5) is 22.0 Å². The van der Waals surface area contributed by atoms with E-state index in [2.05, 4.69) is 3.77 Å². The van der Waals surface area contributed by atoms with Crippen molar-refractivity contribution in [3.8, 4) is 11.1 Å².